The molecule has 0 N–H and O–H groups in total. The fourth-order valence-corrected chi connectivity index (χ4v) is 4.38. The van der Waals surface area contributed by atoms with Crippen molar-refractivity contribution in [1.82, 2.24) is 14.8 Å². The van der Waals surface area contributed by atoms with E-state index in [0.29, 0.717) is 13.1 Å². The van der Waals surface area contributed by atoms with Crippen LogP contribution in [-0.4, -0.2) is 61.0 Å². The predicted molar refractivity (Wildman–Crippen MR) is 119 cm³/mol. The monoisotopic (exact) mass is 424 g/mol. The molecule has 4 rings (SSSR count). The molecule has 0 bridgehead atoms. The lowest BCUT2D eigenvalue weighted by Crippen LogP contribution is -2.48. The number of hydrogen-bond acceptors (Lipinski definition) is 5. The third-order valence-electron chi connectivity index (χ3n) is 5.32. The summed E-state index contributed by atoms with van der Waals surface area (Å²) >= 11 is 1.62. The molecule has 0 radical (unpaired) electrons. The minimum Gasteiger partial charge on any atom is -0.378 e. The second kappa shape index (κ2) is 8.93. The Bertz CT molecular complexity index is 1010. The highest BCUT2D eigenvalue weighted by Crippen LogP contribution is 2.23. The van der Waals surface area contributed by atoms with E-state index >= 15 is 0 Å². The Morgan fingerprint density at radius 2 is 1.83 bits per heavy atom. The summed E-state index contributed by atoms with van der Waals surface area (Å²) in [5, 5.41) is 3.05. The van der Waals surface area contributed by atoms with Crippen LogP contribution in [0.5, 0.6) is 0 Å². The Morgan fingerprint density at radius 3 is 2.53 bits per heavy atom. The highest BCUT2D eigenvalue weighted by Gasteiger charge is 2.23. The lowest BCUT2D eigenvalue weighted by molar-refractivity contribution is 0.0628. The topological polar surface area (TPSA) is 39.7 Å². The zero-order valence-corrected chi connectivity index (χ0v) is 18.0. The van der Waals surface area contributed by atoms with E-state index in [9.17, 15) is 9.18 Å². The molecule has 1 aliphatic heterocycles. The van der Waals surface area contributed by atoms with E-state index in [2.05, 4.69) is 4.90 Å². The smallest absolute Gasteiger partial charge is 0.254 e. The average Bonchev–Trinajstić information content (AvgIpc) is 3.23. The van der Waals surface area contributed by atoms with Gasteiger partial charge in [-0.3, -0.25) is 9.69 Å². The maximum atomic E-state index is 13.1. The van der Waals surface area contributed by atoms with Crippen molar-refractivity contribution in [2.24, 2.45) is 0 Å². The highest BCUT2D eigenvalue weighted by atomic mass is 32.1. The summed E-state index contributed by atoms with van der Waals surface area (Å²) < 4.78 is 13.1. The number of thiazole rings is 1. The summed E-state index contributed by atoms with van der Waals surface area (Å²) in [6.07, 6.45) is 0. The first-order valence-corrected chi connectivity index (χ1v) is 10.9. The molecule has 1 saturated heterocycles. The first kappa shape index (κ1) is 20.5. The number of nitrogens with zero attached hydrogens (tertiary/aromatic N) is 4. The van der Waals surface area contributed by atoms with E-state index in [0.717, 1.165) is 47.2 Å². The molecule has 1 aromatic heterocycles. The quantitative estimate of drug-likeness (QED) is 0.621. The Kier molecular flexibility index (Phi) is 6.11. The molecule has 1 aliphatic rings. The lowest BCUT2D eigenvalue weighted by atomic mass is 10.1. The maximum Gasteiger partial charge on any atom is 0.254 e. The van der Waals surface area contributed by atoms with Crippen molar-refractivity contribution < 1.29 is 9.18 Å². The lowest BCUT2D eigenvalue weighted by Gasteiger charge is -2.34. The number of rotatable bonds is 5. The van der Waals surface area contributed by atoms with Crippen molar-refractivity contribution in [3.05, 3.63) is 70.3 Å². The van der Waals surface area contributed by atoms with E-state index in [1.165, 1.54) is 12.1 Å². The van der Waals surface area contributed by atoms with Gasteiger partial charge in [0.05, 0.1) is 12.2 Å². The van der Waals surface area contributed by atoms with E-state index < -0.39 is 0 Å². The van der Waals surface area contributed by atoms with Crippen LogP contribution >= 0.6 is 11.3 Å². The van der Waals surface area contributed by atoms with Crippen molar-refractivity contribution in [2.45, 2.75) is 6.54 Å². The van der Waals surface area contributed by atoms with Gasteiger partial charge >= 0.3 is 0 Å². The van der Waals surface area contributed by atoms with Gasteiger partial charge in [-0.25, -0.2) is 9.37 Å². The Balaban J connectivity index is 1.33. The minimum absolute atomic E-state index is 0.0891. The Morgan fingerprint density at radius 1 is 1.10 bits per heavy atom. The molecule has 1 fully saturated rings. The average molecular weight is 425 g/mol. The summed E-state index contributed by atoms with van der Waals surface area (Å²) in [5.41, 5.74) is 3.57. The summed E-state index contributed by atoms with van der Waals surface area (Å²) in [7, 11) is 3.95. The summed E-state index contributed by atoms with van der Waals surface area (Å²) in [5.74, 6) is -0.152. The Hall–Kier alpha value is -2.77. The molecule has 30 heavy (non-hydrogen) atoms. The van der Waals surface area contributed by atoms with Crippen LogP contribution in [0.25, 0.3) is 11.3 Å². The number of anilines is 1. The van der Waals surface area contributed by atoms with Crippen LogP contribution in [0.1, 0.15) is 15.4 Å². The van der Waals surface area contributed by atoms with E-state index in [-0.39, 0.29) is 11.7 Å². The normalized spacial score (nSPS) is 14.7. The zero-order chi connectivity index (χ0) is 21.1. The predicted octanol–water partition coefficient (Wildman–Crippen LogP) is 3.97. The van der Waals surface area contributed by atoms with Crippen molar-refractivity contribution in [2.75, 3.05) is 45.2 Å². The van der Waals surface area contributed by atoms with Crippen LogP contribution in [0, 0.1) is 5.82 Å². The molecule has 1 amide bonds. The summed E-state index contributed by atoms with van der Waals surface area (Å²) in [4.78, 5) is 23.8. The second-order valence-electron chi connectivity index (χ2n) is 7.65. The molecule has 0 atom stereocenters. The third kappa shape index (κ3) is 4.68. The number of amides is 1. The molecule has 5 nitrogen and oxygen atoms in total. The number of benzene rings is 2. The fraction of sp³-hybridized carbons (Fsp3) is 0.304. The maximum absolute atomic E-state index is 13.1. The first-order valence-electron chi connectivity index (χ1n) is 9.99. The van der Waals surface area contributed by atoms with Gasteiger partial charge < -0.3 is 9.80 Å². The van der Waals surface area contributed by atoms with Gasteiger partial charge in [-0.15, -0.1) is 11.3 Å². The first-order chi connectivity index (χ1) is 14.5. The van der Waals surface area contributed by atoms with Gasteiger partial charge in [0.2, 0.25) is 0 Å². The van der Waals surface area contributed by atoms with Crippen LogP contribution in [0.2, 0.25) is 0 Å². The van der Waals surface area contributed by atoms with Crippen LogP contribution in [-0.2, 0) is 6.54 Å². The van der Waals surface area contributed by atoms with Crippen LogP contribution in [0.4, 0.5) is 10.1 Å². The molecule has 0 aliphatic carbocycles. The second-order valence-corrected chi connectivity index (χ2v) is 8.59. The number of carbonyl (C=O) groups is 1. The molecular weight excluding hydrogens is 399 g/mol. The van der Waals surface area contributed by atoms with Gasteiger partial charge in [0.15, 0.2) is 0 Å². The molecule has 2 heterocycles. The highest BCUT2D eigenvalue weighted by molar-refractivity contribution is 7.09. The third-order valence-corrected chi connectivity index (χ3v) is 6.15. The summed E-state index contributed by atoms with van der Waals surface area (Å²) in [6, 6.07) is 14.2. The molecular formula is C23H25FN4OS. The molecule has 0 saturated carbocycles. The molecule has 3 aromatic rings. The van der Waals surface area contributed by atoms with E-state index in [1.54, 1.807) is 23.5 Å². The zero-order valence-electron chi connectivity index (χ0n) is 17.2. The number of hydrogen-bond donors (Lipinski definition) is 0. The van der Waals surface area contributed by atoms with Crippen LogP contribution in [0.3, 0.4) is 0 Å². The number of piperazine rings is 1. The molecule has 0 unspecified atom stereocenters. The number of aromatic nitrogens is 1. The largest absolute Gasteiger partial charge is 0.378 e. The van der Waals surface area contributed by atoms with Gasteiger partial charge in [-0.2, -0.15) is 0 Å². The standard InChI is InChI=1S/C23H25FN4OS/c1-26(2)20-5-3-4-18(14-20)23(29)28-12-10-27(11-13-28)15-22-25-21(16-30-22)17-6-8-19(24)9-7-17/h3-9,14,16H,10-13,15H2,1-2H3. The van der Waals surface area contributed by atoms with Gasteiger partial charge in [0.25, 0.3) is 5.91 Å². The van der Waals surface area contributed by atoms with Crippen molar-refractivity contribution in [3.8, 4) is 11.3 Å². The fourth-order valence-electron chi connectivity index (χ4n) is 3.54. The molecule has 156 valence electrons. The van der Waals surface area contributed by atoms with Crippen molar-refractivity contribution >= 4 is 22.9 Å². The molecule has 0 spiro atoms. The number of halogens is 1. The van der Waals surface area contributed by atoms with E-state index in [1.807, 2.05) is 53.5 Å². The van der Waals surface area contributed by atoms with Crippen molar-refractivity contribution in [3.63, 3.8) is 0 Å². The Labute approximate surface area is 180 Å². The van der Waals surface area contributed by atoms with Crippen LogP contribution in [0.15, 0.2) is 53.9 Å². The van der Waals surface area contributed by atoms with Gasteiger partial charge in [0.1, 0.15) is 10.8 Å². The minimum atomic E-state index is -0.241. The molecule has 7 heteroatoms. The summed E-state index contributed by atoms with van der Waals surface area (Å²) in [6.45, 7) is 3.83. The van der Waals surface area contributed by atoms with Gasteiger partial charge in [-0.1, -0.05) is 6.07 Å². The van der Waals surface area contributed by atoms with E-state index in [4.69, 9.17) is 4.98 Å². The number of carbonyl (C=O) groups excluding carboxylic acids is 1. The SMILES string of the molecule is CN(C)c1cccc(C(=O)N2CCN(Cc3nc(-c4ccc(F)cc4)cs3)CC2)c1. The van der Waals surface area contributed by atoms with Crippen LogP contribution < -0.4 is 4.90 Å². The van der Waals surface area contributed by atoms with Gasteiger partial charge in [0, 0.05) is 62.5 Å². The molecule has 2 aromatic carbocycles. The van der Waals surface area contributed by atoms with Gasteiger partial charge in [-0.05, 0) is 42.5 Å². The van der Waals surface area contributed by atoms with Crippen molar-refractivity contribution in [1.29, 1.82) is 0 Å².